The SMILES string of the molecule is CCOc1ccc(Cl)cc1NC(=O)c1cc2ccccc2c(N=Nc2c(Cl)ccc(S(=O)(=O)O)c2C)c1[O-].[Na+]. The van der Waals surface area contributed by atoms with Crippen molar-refractivity contribution in [3.05, 3.63) is 81.8 Å². The molecule has 4 aromatic carbocycles. The van der Waals surface area contributed by atoms with Crippen LogP contribution in [0.25, 0.3) is 10.8 Å². The molecule has 4 rings (SSSR count). The zero-order chi connectivity index (χ0) is 27.6. The molecule has 0 radical (unpaired) electrons. The van der Waals surface area contributed by atoms with E-state index >= 15 is 0 Å². The summed E-state index contributed by atoms with van der Waals surface area (Å²) in [5, 5.41) is 25.6. The molecule has 0 aliphatic rings. The van der Waals surface area contributed by atoms with Gasteiger partial charge in [-0.15, -0.1) is 5.11 Å². The molecule has 1 amide bonds. The van der Waals surface area contributed by atoms with Crippen molar-refractivity contribution in [3.63, 3.8) is 0 Å². The molecule has 0 aliphatic carbocycles. The number of halogens is 2. The monoisotopic (exact) mass is 595 g/mol. The quantitative estimate of drug-likeness (QED) is 0.189. The van der Waals surface area contributed by atoms with Gasteiger partial charge in [0.05, 0.1) is 27.9 Å². The Morgan fingerprint density at radius 2 is 1.74 bits per heavy atom. The normalized spacial score (nSPS) is 11.4. The summed E-state index contributed by atoms with van der Waals surface area (Å²) in [5.41, 5.74) is -0.101. The van der Waals surface area contributed by atoms with Gasteiger partial charge < -0.3 is 15.2 Å². The number of amides is 1. The van der Waals surface area contributed by atoms with Crippen LogP contribution < -0.4 is 44.7 Å². The summed E-state index contributed by atoms with van der Waals surface area (Å²) in [5.74, 6) is -1.06. The minimum atomic E-state index is -4.55. The third-order valence-corrected chi connectivity index (χ3v) is 7.11. The number of anilines is 1. The number of nitrogens with one attached hydrogen (secondary N) is 1. The Kier molecular flexibility index (Phi) is 10.0. The van der Waals surface area contributed by atoms with E-state index in [1.807, 2.05) is 0 Å². The van der Waals surface area contributed by atoms with Gasteiger partial charge in [-0.2, -0.15) is 13.5 Å². The third-order valence-electron chi connectivity index (χ3n) is 5.57. The maximum absolute atomic E-state index is 13.5. The number of hydrogen-bond donors (Lipinski definition) is 2. The molecule has 0 spiro atoms. The number of fused-ring (bicyclic) bond motifs is 1. The number of ether oxygens (including phenoxy) is 1. The average molecular weight is 596 g/mol. The Morgan fingerprint density at radius 1 is 1.05 bits per heavy atom. The fourth-order valence-corrected chi connectivity index (χ4v) is 4.94. The van der Waals surface area contributed by atoms with Crippen molar-refractivity contribution in [1.82, 2.24) is 0 Å². The van der Waals surface area contributed by atoms with E-state index in [1.54, 1.807) is 43.3 Å². The van der Waals surface area contributed by atoms with Gasteiger partial charge in [-0.1, -0.05) is 53.2 Å². The van der Waals surface area contributed by atoms with Crippen molar-refractivity contribution in [2.45, 2.75) is 18.7 Å². The smallest absolute Gasteiger partial charge is 0.870 e. The standard InChI is InChI=1S/C26H21Cl2N3O6S.Na/c1-3-37-21-10-8-16(27)13-20(21)29-26(33)18-12-15-6-4-5-7-17(15)24(25(18)32)31-30-23-14(2)22(38(34,35)36)11-9-19(23)28;/h4-13,32H,3H2,1-2H3,(H,29,33)(H,34,35,36);/q;+1/p-1. The van der Waals surface area contributed by atoms with Gasteiger partial charge in [0.2, 0.25) is 0 Å². The Labute approximate surface area is 256 Å². The molecular formula is C26H20Cl2N3NaO6S. The Bertz CT molecular complexity index is 1710. The minimum Gasteiger partial charge on any atom is -0.870 e. The molecule has 0 saturated heterocycles. The van der Waals surface area contributed by atoms with Crippen LogP contribution in [0.5, 0.6) is 11.5 Å². The summed E-state index contributed by atoms with van der Waals surface area (Å²) in [6.07, 6.45) is 0. The molecule has 0 heterocycles. The van der Waals surface area contributed by atoms with Crippen LogP contribution in [-0.2, 0) is 10.1 Å². The van der Waals surface area contributed by atoms with E-state index in [1.165, 1.54) is 25.1 Å². The van der Waals surface area contributed by atoms with Gasteiger partial charge in [0.1, 0.15) is 11.4 Å². The van der Waals surface area contributed by atoms with Crippen LogP contribution in [0, 0.1) is 6.92 Å². The number of benzene rings is 4. The largest absolute Gasteiger partial charge is 1.00 e. The molecule has 0 bridgehead atoms. The molecule has 0 atom stereocenters. The number of carbonyl (C=O) groups is 1. The van der Waals surface area contributed by atoms with E-state index in [9.17, 15) is 22.9 Å². The molecule has 2 N–H and O–H groups in total. The molecule has 4 aromatic rings. The molecule has 0 fully saturated rings. The number of carbonyl (C=O) groups excluding carboxylic acids is 1. The first-order valence-electron chi connectivity index (χ1n) is 11.2. The van der Waals surface area contributed by atoms with Crippen LogP contribution in [0.3, 0.4) is 0 Å². The van der Waals surface area contributed by atoms with Crippen molar-refractivity contribution in [2.75, 3.05) is 11.9 Å². The predicted molar refractivity (Wildman–Crippen MR) is 144 cm³/mol. The van der Waals surface area contributed by atoms with Crippen LogP contribution in [-0.4, -0.2) is 25.5 Å². The van der Waals surface area contributed by atoms with Crippen molar-refractivity contribution in [2.24, 2.45) is 10.2 Å². The Balaban J connectivity index is 0.00000420. The van der Waals surface area contributed by atoms with E-state index in [-0.39, 0.29) is 62.8 Å². The summed E-state index contributed by atoms with van der Waals surface area (Å²) < 4.78 is 38.4. The Hall–Kier alpha value is -2.70. The van der Waals surface area contributed by atoms with Gasteiger partial charge in [0, 0.05) is 16.0 Å². The van der Waals surface area contributed by atoms with Gasteiger partial charge in [0.15, 0.2) is 0 Å². The van der Waals surface area contributed by atoms with Crippen molar-refractivity contribution < 1.29 is 57.2 Å². The molecule has 0 saturated carbocycles. The first-order chi connectivity index (χ1) is 18.0. The molecule has 196 valence electrons. The van der Waals surface area contributed by atoms with E-state index in [0.29, 0.717) is 28.2 Å². The number of nitrogens with zero attached hydrogens (tertiary/aromatic N) is 2. The van der Waals surface area contributed by atoms with E-state index in [4.69, 9.17) is 27.9 Å². The van der Waals surface area contributed by atoms with Gasteiger partial charge >= 0.3 is 29.6 Å². The third kappa shape index (κ3) is 6.72. The van der Waals surface area contributed by atoms with E-state index in [2.05, 4.69) is 15.5 Å². The maximum atomic E-state index is 13.5. The molecule has 0 aliphatic heterocycles. The van der Waals surface area contributed by atoms with Gasteiger partial charge in [-0.3, -0.25) is 9.35 Å². The molecule has 13 heteroatoms. The van der Waals surface area contributed by atoms with Crippen molar-refractivity contribution >= 4 is 67.1 Å². The van der Waals surface area contributed by atoms with E-state index < -0.39 is 26.7 Å². The van der Waals surface area contributed by atoms with Crippen LogP contribution in [0.4, 0.5) is 17.1 Å². The minimum absolute atomic E-state index is 0. The summed E-state index contributed by atoms with van der Waals surface area (Å²) >= 11 is 12.3. The predicted octanol–water partition coefficient (Wildman–Crippen LogP) is 3.85. The van der Waals surface area contributed by atoms with Crippen LogP contribution in [0.1, 0.15) is 22.8 Å². The second-order valence-corrected chi connectivity index (χ2v) is 10.3. The van der Waals surface area contributed by atoms with Gasteiger partial charge in [-0.25, -0.2) is 0 Å². The summed E-state index contributed by atoms with van der Waals surface area (Å²) in [6.45, 7) is 3.53. The fourth-order valence-electron chi connectivity index (χ4n) is 3.80. The molecule has 0 aromatic heterocycles. The zero-order valence-electron chi connectivity index (χ0n) is 21.0. The van der Waals surface area contributed by atoms with Crippen LogP contribution in [0.2, 0.25) is 10.0 Å². The number of azo groups is 1. The summed E-state index contributed by atoms with van der Waals surface area (Å²) in [4.78, 5) is 12.8. The molecule has 9 nitrogen and oxygen atoms in total. The van der Waals surface area contributed by atoms with E-state index in [0.717, 1.165) is 6.07 Å². The molecular weight excluding hydrogens is 576 g/mol. The first kappa shape index (κ1) is 30.8. The van der Waals surface area contributed by atoms with Crippen molar-refractivity contribution in [3.8, 4) is 11.5 Å². The summed E-state index contributed by atoms with van der Waals surface area (Å²) in [6, 6.07) is 15.3. The van der Waals surface area contributed by atoms with Crippen LogP contribution >= 0.6 is 23.2 Å². The fraction of sp³-hybridized carbons (Fsp3) is 0.115. The Morgan fingerprint density at radius 3 is 2.44 bits per heavy atom. The average Bonchev–Trinajstić information content (AvgIpc) is 2.85. The second-order valence-electron chi connectivity index (χ2n) is 8.04. The molecule has 0 unspecified atom stereocenters. The topological polar surface area (TPSA) is 140 Å². The maximum Gasteiger partial charge on any atom is 1.00 e. The van der Waals surface area contributed by atoms with Crippen molar-refractivity contribution in [1.29, 1.82) is 0 Å². The number of rotatable bonds is 7. The summed E-state index contributed by atoms with van der Waals surface area (Å²) in [7, 11) is -4.55. The number of hydrogen-bond acceptors (Lipinski definition) is 7. The second kappa shape index (κ2) is 12.6. The van der Waals surface area contributed by atoms with Crippen LogP contribution in [0.15, 0.2) is 75.8 Å². The first-order valence-corrected chi connectivity index (χ1v) is 13.4. The van der Waals surface area contributed by atoms with Gasteiger partial charge in [0.25, 0.3) is 16.0 Å². The molecule has 39 heavy (non-hydrogen) atoms. The zero-order valence-corrected chi connectivity index (χ0v) is 25.4. The van der Waals surface area contributed by atoms with Gasteiger partial charge in [-0.05, 0) is 61.2 Å².